The second kappa shape index (κ2) is 13.4. The van der Waals surface area contributed by atoms with Crippen LogP contribution in [-0.4, -0.2) is 49.4 Å². The smallest absolute Gasteiger partial charge is 0.177 e. The molecule has 0 unspecified atom stereocenters. The monoisotopic (exact) mass is 306 g/mol. The molecular formula is C15H31ClN2O2. The molecule has 0 bridgehead atoms. The van der Waals surface area contributed by atoms with Gasteiger partial charge in [-0.05, 0) is 19.3 Å². The molecule has 0 spiro atoms. The fraction of sp³-hybridized carbons (Fsp3) is 0.867. The van der Waals surface area contributed by atoms with Crippen LogP contribution >= 0.6 is 0 Å². The lowest BCUT2D eigenvalue weighted by Gasteiger charge is -2.23. The summed E-state index contributed by atoms with van der Waals surface area (Å²) in [7, 11) is 6.72. The summed E-state index contributed by atoms with van der Waals surface area (Å²) >= 11 is 0. The van der Waals surface area contributed by atoms with Gasteiger partial charge in [-0.25, -0.2) is 0 Å². The zero-order chi connectivity index (χ0) is 14.6. The number of rotatable bonds is 12. The molecule has 120 valence electrons. The van der Waals surface area contributed by atoms with Gasteiger partial charge < -0.3 is 22.1 Å². The van der Waals surface area contributed by atoms with E-state index in [4.69, 9.17) is 5.21 Å². The lowest BCUT2D eigenvalue weighted by atomic mass is 10.1. The molecule has 0 saturated carbocycles. The van der Waals surface area contributed by atoms with Crippen LogP contribution in [0.15, 0.2) is 5.16 Å². The third kappa shape index (κ3) is 17.4. The average molecular weight is 307 g/mol. The molecule has 0 aliphatic carbocycles. The molecule has 0 heterocycles. The maximum atomic E-state index is 11.0. The van der Waals surface area contributed by atoms with E-state index in [9.17, 15) is 4.79 Å². The largest absolute Gasteiger partial charge is 1.00 e. The number of unbranched alkanes of at least 4 members (excludes halogenated alkanes) is 7. The number of oxime groups is 1. The number of halogens is 1. The van der Waals surface area contributed by atoms with Gasteiger partial charge in [0.2, 0.25) is 0 Å². The van der Waals surface area contributed by atoms with E-state index in [0.717, 1.165) is 23.5 Å². The minimum atomic E-state index is -0.0807. The zero-order valence-electron chi connectivity index (χ0n) is 13.3. The maximum Gasteiger partial charge on any atom is 0.177 e. The van der Waals surface area contributed by atoms with Crippen molar-refractivity contribution in [3.05, 3.63) is 0 Å². The average Bonchev–Trinajstić information content (AvgIpc) is 2.30. The Balaban J connectivity index is 0. The summed E-state index contributed by atoms with van der Waals surface area (Å²) in [6.07, 6.45) is 11.3. The molecule has 5 heteroatoms. The van der Waals surface area contributed by atoms with E-state index in [1.165, 1.54) is 45.1 Å². The van der Waals surface area contributed by atoms with Crippen LogP contribution < -0.4 is 12.4 Å². The summed E-state index contributed by atoms with van der Waals surface area (Å²) in [5.41, 5.74) is 0. The number of carbonyl (C=O) groups is 1. The van der Waals surface area contributed by atoms with Crippen LogP contribution in [0.3, 0.4) is 0 Å². The van der Waals surface area contributed by atoms with E-state index in [0.29, 0.717) is 6.42 Å². The standard InChI is InChI=1S/C15H30N2O2.ClH/c1-17(2,3)13-11-9-7-5-4-6-8-10-12-15(18)14-16-19;/h14H,4-13H2,1-3H3;1H. The van der Waals surface area contributed by atoms with Crippen molar-refractivity contribution in [2.75, 3.05) is 27.7 Å². The van der Waals surface area contributed by atoms with Crippen molar-refractivity contribution in [3.63, 3.8) is 0 Å². The Morgan fingerprint density at radius 2 is 1.40 bits per heavy atom. The van der Waals surface area contributed by atoms with E-state index in [2.05, 4.69) is 26.3 Å². The van der Waals surface area contributed by atoms with Crippen molar-refractivity contribution in [2.24, 2.45) is 5.16 Å². The normalized spacial score (nSPS) is 11.6. The Kier molecular flexibility index (Phi) is 14.5. The summed E-state index contributed by atoms with van der Waals surface area (Å²) in [5.74, 6) is -0.0807. The molecule has 0 atom stereocenters. The van der Waals surface area contributed by atoms with Crippen molar-refractivity contribution in [1.29, 1.82) is 0 Å². The number of hydrogen-bond donors (Lipinski definition) is 1. The molecule has 20 heavy (non-hydrogen) atoms. The summed E-state index contributed by atoms with van der Waals surface area (Å²) in [6, 6.07) is 0. The van der Waals surface area contributed by atoms with Gasteiger partial charge >= 0.3 is 0 Å². The fourth-order valence-corrected chi connectivity index (χ4v) is 2.07. The molecule has 4 nitrogen and oxygen atoms in total. The second-order valence-corrected chi connectivity index (χ2v) is 6.30. The summed E-state index contributed by atoms with van der Waals surface area (Å²) in [4.78, 5) is 11.0. The molecule has 0 saturated heterocycles. The van der Waals surface area contributed by atoms with Crippen molar-refractivity contribution in [1.82, 2.24) is 0 Å². The van der Waals surface area contributed by atoms with Gasteiger partial charge in [0.25, 0.3) is 0 Å². The first-order chi connectivity index (χ1) is 8.95. The SMILES string of the molecule is C[N+](C)(C)CCCCCCCCCCC(=O)/C=N/O.[Cl-]. The predicted molar refractivity (Wildman–Crippen MR) is 79.7 cm³/mol. The van der Waals surface area contributed by atoms with E-state index in [1.807, 2.05) is 0 Å². The predicted octanol–water partition coefficient (Wildman–Crippen LogP) is 0.237. The highest BCUT2D eigenvalue weighted by molar-refractivity contribution is 6.27. The van der Waals surface area contributed by atoms with E-state index in [1.54, 1.807) is 0 Å². The molecule has 0 radical (unpaired) electrons. The molecule has 0 aromatic rings. The van der Waals surface area contributed by atoms with Gasteiger partial charge in [-0.15, -0.1) is 0 Å². The number of carbonyl (C=O) groups excluding carboxylic acids is 1. The minimum Gasteiger partial charge on any atom is -1.00 e. The van der Waals surface area contributed by atoms with E-state index >= 15 is 0 Å². The molecule has 0 fully saturated rings. The van der Waals surface area contributed by atoms with Gasteiger partial charge in [0.15, 0.2) is 5.78 Å². The van der Waals surface area contributed by atoms with Crippen LogP contribution in [0.25, 0.3) is 0 Å². The minimum absolute atomic E-state index is 0. The highest BCUT2D eigenvalue weighted by Gasteiger charge is 2.05. The lowest BCUT2D eigenvalue weighted by Crippen LogP contribution is -3.00. The van der Waals surface area contributed by atoms with Crippen molar-refractivity contribution >= 4 is 12.0 Å². The van der Waals surface area contributed by atoms with E-state index in [-0.39, 0.29) is 18.2 Å². The molecular weight excluding hydrogens is 276 g/mol. The van der Waals surface area contributed by atoms with Crippen molar-refractivity contribution in [3.8, 4) is 0 Å². The van der Waals surface area contributed by atoms with Crippen LogP contribution in [0.5, 0.6) is 0 Å². The second-order valence-electron chi connectivity index (χ2n) is 6.30. The Labute approximate surface area is 130 Å². The third-order valence-electron chi connectivity index (χ3n) is 3.20. The number of hydrogen-bond acceptors (Lipinski definition) is 3. The molecule has 0 aromatic heterocycles. The summed E-state index contributed by atoms with van der Waals surface area (Å²) < 4.78 is 1.06. The molecule has 0 aliphatic rings. The summed E-state index contributed by atoms with van der Waals surface area (Å²) in [5, 5.41) is 10.9. The third-order valence-corrected chi connectivity index (χ3v) is 3.20. The molecule has 1 N–H and O–H groups in total. The first kappa shape index (κ1) is 21.7. The Morgan fingerprint density at radius 1 is 0.950 bits per heavy atom. The van der Waals surface area contributed by atoms with Gasteiger partial charge in [0.1, 0.15) is 6.21 Å². The lowest BCUT2D eigenvalue weighted by molar-refractivity contribution is -0.870. The van der Waals surface area contributed by atoms with Gasteiger partial charge in [0.05, 0.1) is 27.7 Å². The number of quaternary nitrogens is 1. The highest BCUT2D eigenvalue weighted by atomic mass is 35.5. The van der Waals surface area contributed by atoms with Gasteiger partial charge in [0, 0.05) is 6.42 Å². The molecule has 0 aliphatic heterocycles. The van der Waals surface area contributed by atoms with Crippen LogP contribution in [0.4, 0.5) is 0 Å². The van der Waals surface area contributed by atoms with Crippen LogP contribution in [0.1, 0.15) is 57.8 Å². The Morgan fingerprint density at radius 3 is 1.85 bits per heavy atom. The van der Waals surface area contributed by atoms with Crippen LogP contribution in [0.2, 0.25) is 0 Å². The zero-order valence-corrected chi connectivity index (χ0v) is 14.0. The molecule has 0 aromatic carbocycles. The topological polar surface area (TPSA) is 49.7 Å². The van der Waals surface area contributed by atoms with Gasteiger partial charge in [-0.1, -0.05) is 37.3 Å². The van der Waals surface area contributed by atoms with Crippen LogP contribution in [-0.2, 0) is 4.79 Å². The van der Waals surface area contributed by atoms with Gasteiger partial charge in [-0.3, -0.25) is 4.79 Å². The fourth-order valence-electron chi connectivity index (χ4n) is 2.07. The van der Waals surface area contributed by atoms with Crippen molar-refractivity contribution in [2.45, 2.75) is 57.8 Å². The number of ketones is 1. The molecule has 0 amide bonds. The number of nitrogens with zero attached hydrogens (tertiary/aromatic N) is 2. The Bertz CT molecular complexity index is 263. The maximum absolute atomic E-state index is 11.0. The first-order valence-corrected chi connectivity index (χ1v) is 7.46. The first-order valence-electron chi connectivity index (χ1n) is 7.46. The number of Topliss-reactive ketones (excluding diaryl/α,β-unsaturated/α-hetero) is 1. The quantitative estimate of drug-likeness (QED) is 0.185. The Hall–Kier alpha value is -0.610. The van der Waals surface area contributed by atoms with Crippen molar-refractivity contribution < 1.29 is 26.9 Å². The van der Waals surface area contributed by atoms with Gasteiger partial charge in [-0.2, -0.15) is 0 Å². The van der Waals surface area contributed by atoms with Crippen LogP contribution in [0, 0.1) is 0 Å². The molecule has 0 rings (SSSR count). The van der Waals surface area contributed by atoms with E-state index < -0.39 is 0 Å². The summed E-state index contributed by atoms with van der Waals surface area (Å²) in [6.45, 7) is 1.26. The highest BCUT2D eigenvalue weighted by Crippen LogP contribution is 2.10.